The number of pyridine rings is 1. The number of likely N-dealkylation sites (N-methyl/N-ethyl adjacent to an activating group) is 1. The van der Waals surface area contributed by atoms with E-state index in [9.17, 15) is 4.79 Å². The van der Waals surface area contributed by atoms with Crippen LogP contribution in [0.15, 0.2) is 42.6 Å². The van der Waals surface area contributed by atoms with Gasteiger partial charge in [-0.25, -0.2) is 4.98 Å². The molecule has 0 aliphatic carbocycles. The zero-order chi connectivity index (χ0) is 18.5. The molecule has 0 atom stereocenters. The number of piperazine rings is 1. The third-order valence-electron chi connectivity index (χ3n) is 4.96. The fourth-order valence-electron chi connectivity index (χ4n) is 3.18. The summed E-state index contributed by atoms with van der Waals surface area (Å²) in [4.78, 5) is 21.4. The van der Waals surface area contributed by atoms with Gasteiger partial charge in [0.2, 0.25) is 0 Å². The van der Waals surface area contributed by atoms with E-state index in [4.69, 9.17) is 0 Å². The van der Waals surface area contributed by atoms with Crippen molar-refractivity contribution in [2.75, 3.05) is 38.0 Å². The number of nitrogens with one attached hydrogen (secondary N) is 1. The third-order valence-corrected chi connectivity index (χ3v) is 4.96. The van der Waals surface area contributed by atoms with Crippen molar-refractivity contribution in [3.63, 3.8) is 0 Å². The molecule has 2 heterocycles. The van der Waals surface area contributed by atoms with Crippen molar-refractivity contribution in [2.45, 2.75) is 26.7 Å². The Morgan fingerprint density at radius 1 is 1.12 bits per heavy atom. The number of carbonyl (C=O) groups is 1. The van der Waals surface area contributed by atoms with Gasteiger partial charge in [-0.2, -0.15) is 0 Å². The van der Waals surface area contributed by atoms with Crippen molar-refractivity contribution in [3.05, 3.63) is 53.7 Å². The van der Waals surface area contributed by atoms with Gasteiger partial charge in [0.1, 0.15) is 5.82 Å². The van der Waals surface area contributed by atoms with Crippen LogP contribution in [0, 0.1) is 0 Å². The molecule has 5 heteroatoms. The maximum Gasteiger partial charge on any atom is 0.254 e. The molecule has 1 amide bonds. The molecule has 3 rings (SSSR count). The number of hydrogen-bond acceptors (Lipinski definition) is 4. The minimum atomic E-state index is 0.0846. The lowest BCUT2D eigenvalue weighted by molar-refractivity contribution is 0.0643. The maximum atomic E-state index is 12.8. The van der Waals surface area contributed by atoms with Crippen molar-refractivity contribution in [1.29, 1.82) is 0 Å². The Bertz CT molecular complexity index is 734. The van der Waals surface area contributed by atoms with Crippen LogP contribution in [-0.4, -0.2) is 53.4 Å². The maximum absolute atomic E-state index is 12.8. The van der Waals surface area contributed by atoms with Gasteiger partial charge in [0.25, 0.3) is 5.91 Å². The van der Waals surface area contributed by atoms with Crippen LogP contribution in [0.5, 0.6) is 0 Å². The first-order chi connectivity index (χ1) is 12.6. The molecule has 1 aliphatic rings. The second kappa shape index (κ2) is 8.32. The van der Waals surface area contributed by atoms with E-state index in [1.54, 1.807) is 12.3 Å². The number of nitrogens with zero attached hydrogens (tertiary/aromatic N) is 3. The molecule has 1 saturated heterocycles. The Labute approximate surface area is 156 Å². The number of aromatic nitrogens is 1. The molecule has 0 spiro atoms. The van der Waals surface area contributed by atoms with Gasteiger partial charge in [-0.1, -0.05) is 32.9 Å². The van der Waals surface area contributed by atoms with Crippen molar-refractivity contribution in [2.24, 2.45) is 0 Å². The zero-order valence-corrected chi connectivity index (χ0v) is 15.9. The monoisotopic (exact) mass is 352 g/mol. The first kappa shape index (κ1) is 18.4. The van der Waals surface area contributed by atoms with E-state index in [1.165, 1.54) is 5.56 Å². The first-order valence-electron chi connectivity index (χ1n) is 9.41. The smallest absolute Gasteiger partial charge is 0.254 e. The van der Waals surface area contributed by atoms with Gasteiger partial charge in [0.05, 0.1) is 0 Å². The van der Waals surface area contributed by atoms with Crippen molar-refractivity contribution in [1.82, 2.24) is 14.8 Å². The van der Waals surface area contributed by atoms with Gasteiger partial charge in [0.15, 0.2) is 0 Å². The topological polar surface area (TPSA) is 48.5 Å². The van der Waals surface area contributed by atoms with Crippen molar-refractivity contribution < 1.29 is 4.79 Å². The molecule has 0 radical (unpaired) electrons. The number of carbonyl (C=O) groups excluding carboxylic acids is 1. The zero-order valence-electron chi connectivity index (χ0n) is 15.9. The largest absolute Gasteiger partial charge is 0.340 e. The minimum Gasteiger partial charge on any atom is -0.340 e. The van der Waals surface area contributed by atoms with E-state index < -0.39 is 0 Å². The quantitative estimate of drug-likeness (QED) is 0.891. The highest BCUT2D eigenvalue weighted by molar-refractivity contribution is 5.95. The molecule has 1 fully saturated rings. The molecule has 1 aromatic heterocycles. The van der Waals surface area contributed by atoms with Crippen LogP contribution in [0.2, 0.25) is 0 Å². The SMILES string of the molecule is CCN1CCN(C(=O)c2ccnc(Nc3ccc(C(C)C)cc3)c2)CC1. The van der Waals surface area contributed by atoms with Gasteiger partial charge in [-0.05, 0) is 42.3 Å². The van der Waals surface area contributed by atoms with Crippen LogP contribution in [-0.2, 0) is 0 Å². The molecular formula is C21H28N4O. The van der Waals surface area contributed by atoms with Crippen LogP contribution in [0.1, 0.15) is 42.6 Å². The van der Waals surface area contributed by atoms with Gasteiger partial charge in [-0.3, -0.25) is 4.79 Å². The average molecular weight is 352 g/mol. The summed E-state index contributed by atoms with van der Waals surface area (Å²) in [6, 6.07) is 12.0. The van der Waals surface area contributed by atoms with E-state index in [-0.39, 0.29) is 5.91 Å². The number of hydrogen-bond donors (Lipinski definition) is 1. The minimum absolute atomic E-state index is 0.0846. The first-order valence-corrected chi connectivity index (χ1v) is 9.41. The molecule has 0 saturated carbocycles. The summed E-state index contributed by atoms with van der Waals surface area (Å²) in [5.41, 5.74) is 2.97. The van der Waals surface area contributed by atoms with Crippen LogP contribution < -0.4 is 5.32 Å². The summed E-state index contributed by atoms with van der Waals surface area (Å²) in [6.07, 6.45) is 1.69. The molecule has 1 aromatic carbocycles. The lowest BCUT2D eigenvalue weighted by Gasteiger charge is -2.34. The van der Waals surface area contributed by atoms with Crippen LogP contribution in [0.4, 0.5) is 11.5 Å². The van der Waals surface area contributed by atoms with Gasteiger partial charge in [-0.15, -0.1) is 0 Å². The van der Waals surface area contributed by atoms with Gasteiger partial charge < -0.3 is 15.1 Å². The Hall–Kier alpha value is -2.40. The van der Waals surface area contributed by atoms with E-state index >= 15 is 0 Å². The highest BCUT2D eigenvalue weighted by Crippen LogP contribution is 2.20. The number of benzene rings is 1. The van der Waals surface area contributed by atoms with Crippen LogP contribution >= 0.6 is 0 Å². The average Bonchev–Trinajstić information content (AvgIpc) is 2.68. The van der Waals surface area contributed by atoms with Gasteiger partial charge >= 0.3 is 0 Å². The standard InChI is InChI=1S/C21H28N4O/c1-4-24-11-13-25(14-12-24)21(26)18-9-10-22-20(15-18)23-19-7-5-17(6-8-19)16(2)3/h5-10,15-16H,4,11-14H2,1-3H3,(H,22,23). The molecule has 1 N–H and O–H groups in total. The Morgan fingerprint density at radius 2 is 1.81 bits per heavy atom. The van der Waals surface area contributed by atoms with Gasteiger partial charge in [0, 0.05) is 43.6 Å². The van der Waals surface area contributed by atoms with Crippen molar-refractivity contribution >= 4 is 17.4 Å². The summed E-state index contributed by atoms with van der Waals surface area (Å²) in [5.74, 6) is 1.29. The molecule has 2 aromatic rings. The van der Waals surface area contributed by atoms with Crippen LogP contribution in [0.25, 0.3) is 0 Å². The highest BCUT2D eigenvalue weighted by Gasteiger charge is 2.21. The normalized spacial score (nSPS) is 15.3. The lowest BCUT2D eigenvalue weighted by Crippen LogP contribution is -2.48. The summed E-state index contributed by atoms with van der Waals surface area (Å²) in [5, 5.41) is 3.29. The fraction of sp³-hybridized carbons (Fsp3) is 0.429. The van der Waals surface area contributed by atoms with E-state index in [1.807, 2.05) is 11.0 Å². The molecular weight excluding hydrogens is 324 g/mol. The second-order valence-electron chi connectivity index (χ2n) is 7.06. The Balaban J connectivity index is 1.67. The lowest BCUT2D eigenvalue weighted by atomic mass is 10.0. The second-order valence-corrected chi connectivity index (χ2v) is 7.06. The van der Waals surface area contributed by atoms with E-state index in [0.717, 1.165) is 38.4 Å². The Kier molecular flexibility index (Phi) is 5.89. The summed E-state index contributed by atoms with van der Waals surface area (Å²) in [7, 11) is 0. The molecule has 5 nitrogen and oxygen atoms in total. The molecule has 0 unspecified atom stereocenters. The predicted molar refractivity (Wildman–Crippen MR) is 106 cm³/mol. The highest BCUT2D eigenvalue weighted by atomic mass is 16.2. The molecule has 26 heavy (non-hydrogen) atoms. The third kappa shape index (κ3) is 4.41. The van der Waals surface area contributed by atoms with E-state index in [2.05, 4.69) is 60.2 Å². The summed E-state index contributed by atoms with van der Waals surface area (Å²) >= 11 is 0. The number of rotatable bonds is 5. The number of amides is 1. The van der Waals surface area contributed by atoms with E-state index in [0.29, 0.717) is 17.3 Å². The molecule has 1 aliphatic heterocycles. The Morgan fingerprint density at radius 3 is 2.42 bits per heavy atom. The summed E-state index contributed by atoms with van der Waals surface area (Å²) < 4.78 is 0. The summed E-state index contributed by atoms with van der Waals surface area (Å²) in [6.45, 7) is 11.0. The predicted octanol–water partition coefficient (Wildman–Crippen LogP) is 3.73. The van der Waals surface area contributed by atoms with Crippen molar-refractivity contribution in [3.8, 4) is 0 Å². The number of anilines is 2. The fourth-order valence-corrected chi connectivity index (χ4v) is 3.18. The molecule has 0 bridgehead atoms. The van der Waals surface area contributed by atoms with Crippen LogP contribution in [0.3, 0.4) is 0 Å². The molecule has 138 valence electrons.